The Kier molecular flexibility index (Phi) is 8.59. The number of amides is 3. The lowest BCUT2D eigenvalue weighted by Gasteiger charge is -2.42. The molecule has 1 unspecified atom stereocenters. The van der Waals surface area contributed by atoms with E-state index in [1.165, 1.54) is 0 Å². The minimum absolute atomic E-state index is 0.0349. The Labute approximate surface area is 208 Å². The van der Waals surface area contributed by atoms with Gasteiger partial charge in [0.05, 0.1) is 25.5 Å². The average Bonchev–Trinajstić information content (AvgIpc) is 3.02. The Balaban J connectivity index is 1.56. The van der Waals surface area contributed by atoms with Crippen molar-refractivity contribution in [2.45, 2.75) is 15.8 Å². The summed E-state index contributed by atoms with van der Waals surface area (Å²) in [6.07, 6.45) is -1.40. The van der Waals surface area contributed by atoms with Crippen molar-refractivity contribution in [2.75, 3.05) is 52.5 Å². The number of aliphatic hydroxyl groups excluding tert-OH is 1. The number of benzene rings is 2. The molecule has 2 aliphatic rings. The molecule has 0 aromatic heterocycles. The van der Waals surface area contributed by atoms with Crippen molar-refractivity contribution in [3.8, 4) is 0 Å². The molecule has 2 heterocycles. The third-order valence-corrected chi connectivity index (χ3v) is 6.96. The SMILES string of the molecule is O=C(O)NC(=O)NCC1CN(C2=Nc3ccccc3Sc3ccccc32)CCN1CCOCCO. The van der Waals surface area contributed by atoms with Crippen LogP contribution in [0.4, 0.5) is 15.3 Å². The van der Waals surface area contributed by atoms with Gasteiger partial charge in [-0.25, -0.2) is 19.9 Å². The van der Waals surface area contributed by atoms with Crippen molar-refractivity contribution in [3.05, 3.63) is 54.1 Å². The van der Waals surface area contributed by atoms with E-state index in [4.69, 9.17) is 19.9 Å². The van der Waals surface area contributed by atoms with E-state index in [0.717, 1.165) is 33.4 Å². The van der Waals surface area contributed by atoms with Crippen LogP contribution >= 0.6 is 11.8 Å². The lowest BCUT2D eigenvalue weighted by atomic mass is 10.1. The zero-order valence-electron chi connectivity index (χ0n) is 19.2. The summed E-state index contributed by atoms with van der Waals surface area (Å²) in [5.74, 6) is 0.884. The fourth-order valence-electron chi connectivity index (χ4n) is 4.18. The fourth-order valence-corrected chi connectivity index (χ4v) is 5.20. The Morgan fingerprint density at radius 2 is 1.86 bits per heavy atom. The first kappa shape index (κ1) is 25.0. The van der Waals surface area contributed by atoms with Gasteiger partial charge in [-0.1, -0.05) is 42.1 Å². The number of fused-ring (bicyclic) bond motifs is 2. The van der Waals surface area contributed by atoms with Gasteiger partial charge in [0.1, 0.15) is 5.84 Å². The first-order chi connectivity index (χ1) is 17.0. The highest BCUT2D eigenvalue weighted by molar-refractivity contribution is 7.99. The molecule has 186 valence electrons. The third-order valence-electron chi connectivity index (χ3n) is 5.82. The number of imide groups is 1. The number of urea groups is 1. The van der Waals surface area contributed by atoms with Gasteiger partial charge in [0, 0.05) is 54.1 Å². The Morgan fingerprint density at radius 1 is 1.09 bits per heavy atom. The summed E-state index contributed by atoms with van der Waals surface area (Å²) in [4.78, 5) is 34.4. The number of amidine groups is 1. The summed E-state index contributed by atoms with van der Waals surface area (Å²) in [5.41, 5.74) is 1.97. The standard InChI is InChI=1S/C24H29N5O5S/c30-12-14-34-13-11-28-9-10-29(16-17(28)15-25-23(31)27-24(32)33)22-18-5-1-3-7-20(18)35-21-8-4-2-6-19(21)26-22/h1-8,17,30H,9-16H2,(H,32,33)(H2,25,27,31). The molecule has 1 saturated heterocycles. The maximum absolute atomic E-state index is 11.9. The summed E-state index contributed by atoms with van der Waals surface area (Å²) < 4.78 is 5.45. The van der Waals surface area contributed by atoms with Gasteiger partial charge >= 0.3 is 12.1 Å². The lowest BCUT2D eigenvalue weighted by Crippen LogP contribution is -2.59. The van der Waals surface area contributed by atoms with Crippen LogP contribution in [0.2, 0.25) is 0 Å². The summed E-state index contributed by atoms with van der Waals surface area (Å²) in [7, 11) is 0. The predicted octanol–water partition coefficient (Wildman–Crippen LogP) is 2.20. The maximum atomic E-state index is 11.9. The molecule has 10 nitrogen and oxygen atoms in total. The molecule has 0 saturated carbocycles. The molecule has 4 rings (SSSR count). The van der Waals surface area contributed by atoms with E-state index in [1.807, 2.05) is 35.6 Å². The van der Waals surface area contributed by atoms with E-state index in [-0.39, 0.29) is 25.8 Å². The number of para-hydroxylation sites is 1. The quantitative estimate of drug-likeness (QED) is 0.427. The Bertz CT molecular complexity index is 1080. The summed E-state index contributed by atoms with van der Waals surface area (Å²) in [5, 5.41) is 22.2. The smallest absolute Gasteiger partial charge is 0.412 e. The molecule has 0 spiro atoms. The lowest BCUT2D eigenvalue weighted by molar-refractivity contribution is 0.0453. The number of hydrogen-bond acceptors (Lipinski definition) is 8. The molecule has 0 bridgehead atoms. The Hall–Kier alpha value is -3.12. The van der Waals surface area contributed by atoms with E-state index >= 15 is 0 Å². The van der Waals surface area contributed by atoms with Gasteiger partial charge in [0.15, 0.2) is 0 Å². The average molecular weight is 500 g/mol. The van der Waals surface area contributed by atoms with Crippen LogP contribution in [0.15, 0.2) is 63.3 Å². The van der Waals surface area contributed by atoms with Crippen molar-refractivity contribution in [1.82, 2.24) is 20.4 Å². The zero-order chi connectivity index (χ0) is 24.6. The van der Waals surface area contributed by atoms with Crippen LogP contribution in [0.3, 0.4) is 0 Å². The third kappa shape index (κ3) is 6.51. The topological polar surface area (TPSA) is 127 Å². The first-order valence-corrected chi connectivity index (χ1v) is 12.3. The van der Waals surface area contributed by atoms with Crippen LogP contribution in [-0.2, 0) is 4.74 Å². The summed E-state index contributed by atoms with van der Waals surface area (Å²) >= 11 is 1.70. The molecule has 4 N–H and O–H groups in total. The van der Waals surface area contributed by atoms with Crippen molar-refractivity contribution >= 4 is 35.4 Å². The minimum atomic E-state index is -1.40. The van der Waals surface area contributed by atoms with Crippen molar-refractivity contribution in [2.24, 2.45) is 4.99 Å². The largest absolute Gasteiger partial charge is 0.465 e. The second kappa shape index (κ2) is 12.0. The second-order valence-corrected chi connectivity index (χ2v) is 9.20. The highest BCUT2D eigenvalue weighted by Crippen LogP contribution is 2.40. The molecule has 2 aromatic rings. The number of ether oxygens (including phenoxy) is 1. The van der Waals surface area contributed by atoms with Gasteiger partial charge in [-0.2, -0.15) is 0 Å². The van der Waals surface area contributed by atoms with Gasteiger partial charge in [-0.15, -0.1) is 0 Å². The van der Waals surface area contributed by atoms with Crippen molar-refractivity contribution in [1.29, 1.82) is 0 Å². The van der Waals surface area contributed by atoms with Crippen LogP contribution in [-0.4, -0.2) is 96.6 Å². The molecule has 3 amide bonds. The zero-order valence-corrected chi connectivity index (χ0v) is 20.0. The summed E-state index contributed by atoms with van der Waals surface area (Å²) in [6.45, 7) is 3.61. The number of aliphatic imine (C=N–C) groups is 1. The molecule has 2 aromatic carbocycles. The van der Waals surface area contributed by atoms with Crippen LogP contribution in [0.5, 0.6) is 0 Å². The summed E-state index contributed by atoms with van der Waals surface area (Å²) in [6, 6.07) is 15.4. The van der Waals surface area contributed by atoms with E-state index in [9.17, 15) is 9.59 Å². The highest BCUT2D eigenvalue weighted by Gasteiger charge is 2.31. The van der Waals surface area contributed by atoms with Crippen LogP contribution in [0.25, 0.3) is 0 Å². The molecule has 1 fully saturated rings. The number of carboxylic acid groups (broad SMARTS) is 1. The van der Waals surface area contributed by atoms with Gasteiger partial charge < -0.3 is 25.2 Å². The number of nitrogens with zero attached hydrogens (tertiary/aromatic N) is 3. The van der Waals surface area contributed by atoms with E-state index in [1.54, 1.807) is 11.8 Å². The predicted molar refractivity (Wildman–Crippen MR) is 133 cm³/mol. The van der Waals surface area contributed by atoms with Gasteiger partial charge in [0.25, 0.3) is 0 Å². The molecular weight excluding hydrogens is 470 g/mol. The number of carbonyl (C=O) groups is 2. The van der Waals surface area contributed by atoms with E-state index in [0.29, 0.717) is 26.2 Å². The van der Waals surface area contributed by atoms with E-state index < -0.39 is 12.1 Å². The van der Waals surface area contributed by atoms with Crippen LogP contribution < -0.4 is 10.6 Å². The molecular formula is C24H29N5O5S. The first-order valence-electron chi connectivity index (χ1n) is 11.5. The monoisotopic (exact) mass is 499 g/mol. The van der Waals surface area contributed by atoms with Crippen LogP contribution in [0.1, 0.15) is 5.56 Å². The van der Waals surface area contributed by atoms with Crippen molar-refractivity contribution in [3.63, 3.8) is 0 Å². The number of rotatable bonds is 7. The number of piperazine rings is 1. The van der Waals surface area contributed by atoms with Crippen molar-refractivity contribution < 1.29 is 24.5 Å². The maximum Gasteiger partial charge on any atom is 0.412 e. The minimum Gasteiger partial charge on any atom is -0.465 e. The molecule has 0 aliphatic carbocycles. The molecule has 1 atom stereocenters. The number of aliphatic hydroxyl groups is 1. The van der Waals surface area contributed by atoms with Gasteiger partial charge in [0.2, 0.25) is 0 Å². The number of hydrogen-bond donors (Lipinski definition) is 4. The highest BCUT2D eigenvalue weighted by atomic mass is 32.2. The van der Waals surface area contributed by atoms with Crippen LogP contribution in [0, 0.1) is 0 Å². The van der Waals surface area contributed by atoms with E-state index in [2.05, 4.69) is 33.3 Å². The van der Waals surface area contributed by atoms with Gasteiger partial charge in [-0.3, -0.25) is 4.90 Å². The molecule has 2 aliphatic heterocycles. The Morgan fingerprint density at radius 3 is 2.66 bits per heavy atom. The number of carbonyl (C=O) groups excluding carboxylic acids is 1. The number of nitrogens with one attached hydrogen (secondary N) is 2. The fraction of sp³-hybridized carbons (Fsp3) is 0.375. The normalized spacial score (nSPS) is 17.6. The molecule has 11 heteroatoms. The van der Waals surface area contributed by atoms with Gasteiger partial charge in [-0.05, 0) is 18.2 Å². The molecule has 0 radical (unpaired) electrons. The molecule has 35 heavy (non-hydrogen) atoms. The second-order valence-electron chi connectivity index (χ2n) is 8.11.